The van der Waals surface area contributed by atoms with Gasteiger partial charge in [-0.2, -0.15) is 4.31 Å². The molecule has 0 spiro atoms. The summed E-state index contributed by atoms with van der Waals surface area (Å²) in [6.07, 6.45) is 0. The van der Waals surface area contributed by atoms with Gasteiger partial charge in [0.15, 0.2) is 0 Å². The second kappa shape index (κ2) is 8.85. The van der Waals surface area contributed by atoms with E-state index in [2.05, 4.69) is 5.32 Å². The Morgan fingerprint density at radius 1 is 1.17 bits per heavy atom. The van der Waals surface area contributed by atoms with Crippen LogP contribution < -0.4 is 5.32 Å². The Morgan fingerprint density at radius 2 is 1.86 bits per heavy atom. The van der Waals surface area contributed by atoms with Gasteiger partial charge in [0.1, 0.15) is 4.90 Å². The lowest BCUT2D eigenvalue weighted by atomic mass is 10.1. The van der Waals surface area contributed by atoms with E-state index in [1.165, 1.54) is 16.4 Å². The van der Waals surface area contributed by atoms with Crippen molar-refractivity contribution in [2.75, 3.05) is 31.6 Å². The summed E-state index contributed by atoms with van der Waals surface area (Å²) < 4.78 is 32.8. The summed E-state index contributed by atoms with van der Waals surface area (Å²) in [7, 11) is -3.96. The second-order valence-electron chi connectivity index (χ2n) is 6.49. The highest BCUT2D eigenvalue weighted by atomic mass is 35.5. The molecule has 8 nitrogen and oxygen atoms in total. The van der Waals surface area contributed by atoms with Crippen LogP contribution in [-0.2, 0) is 14.8 Å². The smallest absolute Gasteiger partial charge is 0.270 e. The molecule has 2 aromatic rings. The zero-order valence-corrected chi connectivity index (χ0v) is 17.8. The van der Waals surface area contributed by atoms with Crippen molar-refractivity contribution in [2.45, 2.75) is 17.9 Å². The highest BCUT2D eigenvalue weighted by Crippen LogP contribution is 2.34. The normalized spacial score (nSPS) is 16.4. The van der Waals surface area contributed by atoms with Gasteiger partial charge in [-0.05, 0) is 30.7 Å². The SMILES string of the molecule is C[C@@H](Nc1ccc([N+](=O)[O-])cc1S(=O)(=O)N1CCOCC1)c1ccc(Cl)cc1Cl. The van der Waals surface area contributed by atoms with E-state index in [1.807, 2.05) is 6.92 Å². The fourth-order valence-electron chi connectivity index (χ4n) is 3.05. The number of nitro groups is 1. The van der Waals surface area contributed by atoms with Gasteiger partial charge in [-0.3, -0.25) is 10.1 Å². The molecule has 0 bridgehead atoms. The van der Waals surface area contributed by atoms with Crippen LogP contribution in [0.2, 0.25) is 10.0 Å². The quantitative estimate of drug-likeness (QED) is 0.515. The van der Waals surface area contributed by atoms with Crippen molar-refractivity contribution >= 4 is 44.6 Å². The molecule has 0 amide bonds. The minimum atomic E-state index is -3.96. The molecule has 1 atom stereocenters. The Kier molecular flexibility index (Phi) is 6.65. The molecule has 1 heterocycles. The Morgan fingerprint density at radius 3 is 2.48 bits per heavy atom. The number of ether oxygens (including phenoxy) is 1. The van der Waals surface area contributed by atoms with Crippen LogP contribution in [0.1, 0.15) is 18.5 Å². The van der Waals surface area contributed by atoms with E-state index in [9.17, 15) is 18.5 Å². The molecule has 156 valence electrons. The third-order valence-electron chi connectivity index (χ3n) is 4.56. The first kappa shape index (κ1) is 21.8. The highest BCUT2D eigenvalue weighted by Gasteiger charge is 2.31. The highest BCUT2D eigenvalue weighted by molar-refractivity contribution is 7.89. The van der Waals surface area contributed by atoms with Gasteiger partial charge in [0.05, 0.1) is 29.9 Å². The molecule has 3 rings (SSSR count). The number of hydrogen-bond donors (Lipinski definition) is 1. The zero-order chi connectivity index (χ0) is 21.2. The summed E-state index contributed by atoms with van der Waals surface area (Å²) >= 11 is 12.2. The van der Waals surface area contributed by atoms with Gasteiger partial charge in [0, 0.05) is 35.3 Å². The van der Waals surface area contributed by atoms with Gasteiger partial charge in [-0.15, -0.1) is 0 Å². The lowest BCUT2D eigenvalue weighted by Crippen LogP contribution is -2.40. The molecule has 1 aliphatic heterocycles. The Bertz CT molecular complexity index is 1030. The number of hydrogen-bond acceptors (Lipinski definition) is 6. The maximum Gasteiger partial charge on any atom is 0.270 e. The summed E-state index contributed by atoms with van der Waals surface area (Å²) in [4.78, 5) is 10.4. The van der Waals surface area contributed by atoms with Crippen LogP contribution in [0.5, 0.6) is 0 Å². The monoisotopic (exact) mass is 459 g/mol. The minimum absolute atomic E-state index is 0.162. The van der Waals surface area contributed by atoms with Crippen molar-refractivity contribution in [3.05, 3.63) is 62.1 Å². The standard InChI is InChI=1S/C18H19Cl2N3O5S/c1-12(15-4-2-13(19)10-16(15)20)21-17-5-3-14(23(24)25)11-18(17)29(26,27)22-6-8-28-9-7-22/h2-5,10-12,21H,6-9H2,1H3/t12-/m1/s1. The summed E-state index contributed by atoms with van der Waals surface area (Å²) in [6.45, 7) is 2.72. The molecular weight excluding hydrogens is 441 g/mol. The lowest BCUT2D eigenvalue weighted by molar-refractivity contribution is -0.385. The van der Waals surface area contributed by atoms with Crippen LogP contribution in [0.25, 0.3) is 0 Å². The lowest BCUT2D eigenvalue weighted by Gasteiger charge is -2.27. The molecule has 1 N–H and O–H groups in total. The number of nitrogens with one attached hydrogen (secondary N) is 1. The van der Waals surface area contributed by atoms with Gasteiger partial charge < -0.3 is 10.1 Å². The van der Waals surface area contributed by atoms with E-state index in [0.29, 0.717) is 15.6 Å². The van der Waals surface area contributed by atoms with Gasteiger partial charge in [-0.1, -0.05) is 29.3 Å². The summed E-state index contributed by atoms with van der Waals surface area (Å²) in [6, 6.07) is 8.37. The molecule has 1 saturated heterocycles. The second-order valence-corrected chi connectivity index (χ2v) is 9.24. The van der Waals surface area contributed by atoms with E-state index in [4.69, 9.17) is 27.9 Å². The van der Waals surface area contributed by atoms with Crippen LogP contribution >= 0.6 is 23.2 Å². The summed E-state index contributed by atoms with van der Waals surface area (Å²) in [5, 5.41) is 15.2. The number of rotatable bonds is 6. The number of non-ortho nitro benzene ring substituents is 1. The number of sulfonamides is 1. The molecule has 1 aliphatic rings. The molecule has 0 aliphatic carbocycles. The number of anilines is 1. The van der Waals surface area contributed by atoms with Crippen LogP contribution in [0.15, 0.2) is 41.3 Å². The topological polar surface area (TPSA) is 102 Å². The third-order valence-corrected chi connectivity index (χ3v) is 7.07. The fraction of sp³-hybridized carbons (Fsp3) is 0.333. The van der Waals surface area contributed by atoms with Crippen molar-refractivity contribution in [3.8, 4) is 0 Å². The van der Waals surface area contributed by atoms with Gasteiger partial charge in [0.2, 0.25) is 10.0 Å². The van der Waals surface area contributed by atoms with Crippen LogP contribution in [0.3, 0.4) is 0 Å². The number of nitro benzene ring substituents is 1. The van der Waals surface area contributed by atoms with Gasteiger partial charge in [0.25, 0.3) is 5.69 Å². The molecular formula is C18H19Cl2N3O5S. The first-order valence-electron chi connectivity index (χ1n) is 8.78. The minimum Gasteiger partial charge on any atom is -0.379 e. The number of halogens is 2. The fourth-order valence-corrected chi connectivity index (χ4v) is 5.20. The zero-order valence-electron chi connectivity index (χ0n) is 15.5. The molecule has 29 heavy (non-hydrogen) atoms. The van der Waals surface area contributed by atoms with Gasteiger partial charge in [-0.25, -0.2) is 8.42 Å². The van der Waals surface area contributed by atoms with Crippen LogP contribution in [0, 0.1) is 10.1 Å². The van der Waals surface area contributed by atoms with E-state index in [1.54, 1.807) is 18.2 Å². The molecule has 2 aromatic carbocycles. The van der Waals surface area contributed by atoms with E-state index in [-0.39, 0.29) is 48.6 Å². The van der Waals surface area contributed by atoms with Crippen molar-refractivity contribution in [1.29, 1.82) is 0 Å². The molecule has 11 heteroatoms. The average Bonchev–Trinajstić information content (AvgIpc) is 2.68. The Labute approximate surface area is 178 Å². The third kappa shape index (κ3) is 4.81. The van der Waals surface area contributed by atoms with Crippen molar-refractivity contribution < 1.29 is 18.1 Å². The molecule has 0 aromatic heterocycles. The first-order chi connectivity index (χ1) is 13.7. The average molecular weight is 460 g/mol. The van der Waals surface area contributed by atoms with Crippen LogP contribution in [0.4, 0.5) is 11.4 Å². The van der Waals surface area contributed by atoms with Gasteiger partial charge >= 0.3 is 0 Å². The maximum atomic E-state index is 13.2. The number of benzene rings is 2. The Hall–Kier alpha value is -1.91. The van der Waals surface area contributed by atoms with Crippen molar-refractivity contribution in [3.63, 3.8) is 0 Å². The molecule has 1 fully saturated rings. The van der Waals surface area contributed by atoms with Crippen molar-refractivity contribution in [1.82, 2.24) is 4.31 Å². The van der Waals surface area contributed by atoms with E-state index < -0.39 is 14.9 Å². The first-order valence-corrected chi connectivity index (χ1v) is 11.0. The van der Waals surface area contributed by atoms with E-state index >= 15 is 0 Å². The molecule has 0 unspecified atom stereocenters. The Balaban J connectivity index is 2.00. The number of morpholine rings is 1. The predicted molar refractivity (Wildman–Crippen MR) is 111 cm³/mol. The largest absolute Gasteiger partial charge is 0.379 e. The predicted octanol–water partition coefficient (Wildman–Crippen LogP) is 4.10. The maximum absolute atomic E-state index is 13.2. The number of nitrogens with zero attached hydrogens (tertiary/aromatic N) is 2. The van der Waals surface area contributed by atoms with Crippen LogP contribution in [-0.4, -0.2) is 43.9 Å². The molecule has 0 radical (unpaired) electrons. The molecule has 0 saturated carbocycles. The summed E-state index contributed by atoms with van der Waals surface area (Å²) in [5.74, 6) is 0. The van der Waals surface area contributed by atoms with Crippen molar-refractivity contribution in [2.24, 2.45) is 0 Å². The summed E-state index contributed by atoms with van der Waals surface area (Å²) in [5.41, 5.74) is 0.657. The van der Waals surface area contributed by atoms with E-state index in [0.717, 1.165) is 6.07 Å².